The Morgan fingerprint density at radius 2 is 2.00 bits per heavy atom. The molecule has 6 heteroatoms. The van der Waals surface area contributed by atoms with Crippen molar-refractivity contribution in [2.24, 2.45) is 0 Å². The number of hydrogen-bond donors (Lipinski definition) is 1. The minimum Gasteiger partial charge on any atom is -0.313 e. The maximum Gasteiger partial charge on any atom is 0.389 e. The topological polar surface area (TPSA) is 12.0 Å². The van der Waals surface area contributed by atoms with E-state index in [-0.39, 0.29) is 12.0 Å². The van der Waals surface area contributed by atoms with Crippen LogP contribution in [0.5, 0.6) is 0 Å². The normalized spacial score (nSPS) is 13.8. The van der Waals surface area contributed by atoms with Gasteiger partial charge < -0.3 is 5.32 Å². The first-order chi connectivity index (χ1) is 7.83. The third kappa shape index (κ3) is 4.63. The van der Waals surface area contributed by atoms with Crippen molar-refractivity contribution in [1.29, 1.82) is 0 Å². The Bertz CT molecular complexity index is 378. The average Bonchev–Trinajstić information content (AvgIpc) is 2.22. The zero-order valence-corrected chi connectivity index (χ0v) is 10.7. The molecule has 0 saturated heterocycles. The van der Waals surface area contributed by atoms with E-state index in [0.29, 0.717) is 4.47 Å². The van der Waals surface area contributed by atoms with Crippen LogP contribution in [-0.2, 0) is 0 Å². The molecule has 0 radical (unpaired) electrons. The van der Waals surface area contributed by atoms with E-state index in [1.165, 1.54) is 25.2 Å². The SMILES string of the molecule is CNC(CCC(F)(F)F)c1cc(Br)ccc1F. The Labute approximate surface area is 105 Å². The van der Waals surface area contributed by atoms with Crippen LogP contribution in [0.1, 0.15) is 24.4 Å². The highest BCUT2D eigenvalue weighted by atomic mass is 79.9. The first-order valence-corrected chi connectivity index (χ1v) is 5.82. The number of nitrogens with one attached hydrogen (secondary N) is 1. The Balaban J connectivity index is 2.82. The van der Waals surface area contributed by atoms with Crippen LogP contribution < -0.4 is 5.32 Å². The summed E-state index contributed by atoms with van der Waals surface area (Å²) in [5.74, 6) is -0.505. The van der Waals surface area contributed by atoms with Crippen LogP contribution in [0.15, 0.2) is 22.7 Å². The third-order valence-corrected chi connectivity index (χ3v) is 2.89. The molecule has 1 aromatic carbocycles. The lowest BCUT2D eigenvalue weighted by Gasteiger charge is -2.18. The minimum absolute atomic E-state index is 0.187. The van der Waals surface area contributed by atoms with Crippen LogP contribution in [0.4, 0.5) is 17.6 Å². The molecular weight excluding hydrogens is 302 g/mol. The van der Waals surface area contributed by atoms with E-state index in [0.717, 1.165) is 0 Å². The van der Waals surface area contributed by atoms with E-state index in [2.05, 4.69) is 21.2 Å². The molecule has 17 heavy (non-hydrogen) atoms. The van der Waals surface area contributed by atoms with Gasteiger partial charge in [-0.15, -0.1) is 0 Å². The molecule has 0 aliphatic rings. The lowest BCUT2D eigenvalue weighted by atomic mass is 10.0. The molecule has 1 nitrogen and oxygen atoms in total. The molecule has 1 aromatic rings. The Hall–Kier alpha value is -0.620. The number of benzene rings is 1. The zero-order chi connectivity index (χ0) is 13.1. The van der Waals surface area contributed by atoms with E-state index >= 15 is 0 Å². The molecule has 0 bridgehead atoms. The predicted molar refractivity (Wildman–Crippen MR) is 61.2 cm³/mol. The van der Waals surface area contributed by atoms with Crippen molar-refractivity contribution >= 4 is 15.9 Å². The van der Waals surface area contributed by atoms with Gasteiger partial charge in [0.15, 0.2) is 0 Å². The van der Waals surface area contributed by atoms with E-state index in [1.54, 1.807) is 0 Å². The van der Waals surface area contributed by atoms with Crippen LogP contribution in [-0.4, -0.2) is 13.2 Å². The average molecular weight is 314 g/mol. The van der Waals surface area contributed by atoms with Crippen molar-refractivity contribution < 1.29 is 17.6 Å². The number of halogens is 5. The molecule has 0 spiro atoms. The zero-order valence-electron chi connectivity index (χ0n) is 9.11. The fourth-order valence-corrected chi connectivity index (χ4v) is 1.92. The van der Waals surface area contributed by atoms with Gasteiger partial charge in [0, 0.05) is 22.5 Å². The molecule has 96 valence electrons. The number of alkyl halides is 3. The van der Waals surface area contributed by atoms with E-state index in [1.807, 2.05) is 0 Å². The lowest BCUT2D eigenvalue weighted by molar-refractivity contribution is -0.136. The van der Waals surface area contributed by atoms with Gasteiger partial charge in [-0.3, -0.25) is 0 Å². The summed E-state index contributed by atoms with van der Waals surface area (Å²) < 4.78 is 50.5. The quantitative estimate of drug-likeness (QED) is 0.822. The van der Waals surface area contributed by atoms with Crippen LogP contribution >= 0.6 is 15.9 Å². The van der Waals surface area contributed by atoms with Gasteiger partial charge in [-0.25, -0.2) is 4.39 Å². The van der Waals surface area contributed by atoms with Gasteiger partial charge in [0.2, 0.25) is 0 Å². The maximum atomic E-state index is 13.5. The molecule has 0 fully saturated rings. The van der Waals surface area contributed by atoms with Crippen molar-refractivity contribution in [2.45, 2.75) is 25.1 Å². The fraction of sp³-hybridized carbons (Fsp3) is 0.455. The smallest absolute Gasteiger partial charge is 0.313 e. The summed E-state index contributed by atoms with van der Waals surface area (Å²) in [6.45, 7) is 0. The Morgan fingerprint density at radius 3 is 2.53 bits per heavy atom. The van der Waals surface area contributed by atoms with Gasteiger partial charge in [0.05, 0.1) is 0 Å². The van der Waals surface area contributed by atoms with Crippen LogP contribution in [0, 0.1) is 5.82 Å². The van der Waals surface area contributed by atoms with Crippen molar-refractivity contribution in [3.8, 4) is 0 Å². The van der Waals surface area contributed by atoms with E-state index in [4.69, 9.17) is 0 Å². The summed E-state index contributed by atoms with van der Waals surface area (Å²) in [5, 5.41) is 2.70. The highest BCUT2D eigenvalue weighted by molar-refractivity contribution is 9.10. The molecule has 1 unspecified atom stereocenters. The van der Waals surface area contributed by atoms with Gasteiger partial charge in [-0.05, 0) is 31.7 Å². The first-order valence-electron chi connectivity index (χ1n) is 5.02. The molecule has 1 N–H and O–H groups in total. The summed E-state index contributed by atoms with van der Waals surface area (Å²) in [7, 11) is 1.52. The predicted octanol–water partition coefficient (Wildman–Crippen LogP) is 4.19. The second-order valence-electron chi connectivity index (χ2n) is 3.66. The largest absolute Gasteiger partial charge is 0.389 e. The summed E-state index contributed by atoms with van der Waals surface area (Å²) in [4.78, 5) is 0. The summed E-state index contributed by atoms with van der Waals surface area (Å²) in [6.07, 6.45) is -5.35. The summed E-state index contributed by atoms with van der Waals surface area (Å²) >= 11 is 3.17. The number of rotatable bonds is 4. The molecule has 0 amide bonds. The molecule has 0 heterocycles. The van der Waals surface area contributed by atoms with Crippen molar-refractivity contribution in [1.82, 2.24) is 5.32 Å². The van der Waals surface area contributed by atoms with Gasteiger partial charge >= 0.3 is 6.18 Å². The van der Waals surface area contributed by atoms with Crippen molar-refractivity contribution in [3.63, 3.8) is 0 Å². The van der Waals surface area contributed by atoms with Crippen LogP contribution in [0.25, 0.3) is 0 Å². The first kappa shape index (κ1) is 14.4. The Morgan fingerprint density at radius 1 is 1.35 bits per heavy atom. The second kappa shape index (κ2) is 5.82. The molecule has 1 rings (SSSR count). The van der Waals surface area contributed by atoms with Gasteiger partial charge in [-0.1, -0.05) is 15.9 Å². The van der Waals surface area contributed by atoms with Crippen molar-refractivity contribution in [2.75, 3.05) is 7.05 Å². The summed E-state index contributed by atoms with van der Waals surface area (Å²) in [6, 6.07) is 3.59. The molecule has 1 atom stereocenters. The summed E-state index contributed by atoms with van der Waals surface area (Å²) in [5.41, 5.74) is 0.242. The molecule has 0 aliphatic heterocycles. The molecule has 0 aromatic heterocycles. The Kier molecular flexibility index (Phi) is 4.94. The van der Waals surface area contributed by atoms with Crippen molar-refractivity contribution in [3.05, 3.63) is 34.1 Å². The van der Waals surface area contributed by atoms with Gasteiger partial charge in [-0.2, -0.15) is 13.2 Å². The fourth-order valence-electron chi connectivity index (χ4n) is 1.54. The number of hydrogen-bond acceptors (Lipinski definition) is 1. The monoisotopic (exact) mass is 313 g/mol. The minimum atomic E-state index is -4.22. The standard InChI is InChI=1S/C11H12BrF4N/c1-17-10(4-5-11(14,15)16)8-6-7(12)2-3-9(8)13/h2-3,6,10,17H,4-5H2,1H3. The molecule has 0 aliphatic carbocycles. The second-order valence-corrected chi connectivity index (χ2v) is 4.58. The van der Waals surface area contributed by atoms with Gasteiger partial charge in [0.1, 0.15) is 5.82 Å². The molecule has 0 saturated carbocycles. The lowest BCUT2D eigenvalue weighted by Crippen LogP contribution is -2.20. The van der Waals surface area contributed by atoms with Gasteiger partial charge in [0.25, 0.3) is 0 Å². The van der Waals surface area contributed by atoms with Crippen LogP contribution in [0.3, 0.4) is 0 Å². The highest BCUT2D eigenvalue weighted by Gasteiger charge is 2.29. The maximum absolute atomic E-state index is 13.5. The molecular formula is C11H12BrF4N. The highest BCUT2D eigenvalue weighted by Crippen LogP contribution is 2.29. The van der Waals surface area contributed by atoms with E-state index in [9.17, 15) is 17.6 Å². The van der Waals surface area contributed by atoms with Crippen LogP contribution in [0.2, 0.25) is 0 Å². The third-order valence-electron chi connectivity index (χ3n) is 2.40. The van der Waals surface area contributed by atoms with E-state index < -0.39 is 24.5 Å².